The van der Waals surface area contributed by atoms with Gasteiger partial charge in [0, 0.05) is 19.3 Å². The summed E-state index contributed by atoms with van der Waals surface area (Å²) < 4.78 is 32.9. The molecule has 2 aromatic rings. The zero-order chi connectivity index (χ0) is 17.2. The molecule has 0 atom stereocenters. The Kier molecular flexibility index (Phi) is 4.62. The Morgan fingerprint density at radius 2 is 1.88 bits per heavy atom. The van der Waals surface area contributed by atoms with Crippen molar-refractivity contribution in [2.75, 3.05) is 35.4 Å². The van der Waals surface area contributed by atoms with Crippen molar-refractivity contribution in [1.29, 1.82) is 0 Å². The highest BCUT2D eigenvalue weighted by molar-refractivity contribution is 7.92. The van der Waals surface area contributed by atoms with E-state index in [9.17, 15) is 8.42 Å². The Morgan fingerprint density at radius 1 is 1.12 bits per heavy atom. The summed E-state index contributed by atoms with van der Waals surface area (Å²) in [6, 6.07) is 10.1. The monoisotopic (exact) mass is 347 g/mol. The topological polar surface area (TPSA) is 62.7 Å². The van der Waals surface area contributed by atoms with Gasteiger partial charge in [0.25, 0.3) is 10.0 Å². The van der Waals surface area contributed by atoms with Crippen molar-refractivity contribution >= 4 is 21.5 Å². The molecule has 0 bridgehead atoms. The smallest absolute Gasteiger partial charge is 0.264 e. The predicted octanol–water partition coefficient (Wildman–Crippen LogP) is 2.52. The second-order valence-corrected chi connectivity index (χ2v) is 7.27. The number of hydrogen-bond donors (Lipinski definition) is 0. The van der Waals surface area contributed by atoms with E-state index in [1.165, 1.54) is 4.31 Å². The Hall–Kier alpha value is -2.28. The molecule has 1 aliphatic rings. The van der Waals surface area contributed by atoms with Gasteiger partial charge in [-0.3, -0.25) is 4.31 Å². The number of anilines is 2. The molecule has 0 radical (unpaired) electrons. The number of fused-ring (bicyclic) bond motifs is 1. The average Bonchev–Trinajstić information content (AvgIpc) is 2.61. The van der Waals surface area contributed by atoms with Crippen molar-refractivity contribution in [2.45, 2.75) is 18.7 Å². The first kappa shape index (κ1) is 16.6. The maximum Gasteiger partial charge on any atom is 0.264 e. The third-order valence-corrected chi connectivity index (χ3v) is 5.84. The van der Waals surface area contributed by atoms with Crippen LogP contribution in [0.4, 0.5) is 11.5 Å². The fourth-order valence-electron chi connectivity index (χ4n) is 2.82. The van der Waals surface area contributed by atoms with Gasteiger partial charge in [-0.1, -0.05) is 0 Å². The zero-order valence-electron chi connectivity index (χ0n) is 13.8. The van der Waals surface area contributed by atoms with Gasteiger partial charge in [-0.05, 0) is 50.2 Å². The van der Waals surface area contributed by atoms with Crippen LogP contribution in [-0.4, -0.2) is 39.6 Å². The molecule has 1 aromatic carbocycles. The van der Waals surface area contributed by atoms with Crippen LogP contribution in [0.15, 0.2) is 47.5 Å². The van der Waals surface area contributed by atoms with Crippen molar-refractivity contribution < 1.29 is 13.2 Å². The summed E-state index contributed by atoms with van der Waals surface area (Å²) in [6.45, 7) is 6.29. The molecule has 0 amide bonds. The van der Waals surface area contributed by atoms with E-state index in [1.54, 1.807) is 42.6 Å². The van der Waals surface area contributed by atoms with E-state index in [-0.39, 0.29) is 4.90 Å². The molecule has 1 aliphatic heterocycles. The van der Waals surface area contributed by atoms with Gasteiger partial charge >= 0.3 is 0 Å². The van der Waals surface area contributed by atoms with E-state index in [0.717, 1.165) is 6.54 Å². The van der Waals surface area contributed by atoms with E-state index >= 15 is 0 Å². The highest BCUT2D eigenvalue weighted by Crippen LogP contribution is 2.34. The maximum absolute atomic E-state index is 13.1. The van der Waals surface area contributed by atoms with Crippen molar-refractivity contribution in [1.82, 2.24) is 4.98 Å². The zero-order valence-corrected chi connectivity index (χ0v) is 14.7. The lowest BCUT2D eigenvalue weighted by molar-refractivity contribution is 0.340. The van der Waals surface area contributed by atoms with Crippen LogP contribution in [0.3, 0.4) is 0 Å². The number of pyridine rings is 1. The summed E-state index contributed by atoms with van der Waals surface area (Å²) in [7, 11) is -3.63. The molecule has 24 heavy (non-hydrogen) atoms. The summed E-state index contributed by atoms with van der Waals surface area (Å²) in [5.41, 5.74) is 0.625. The molecule has 0 aliphatic carbocycles. The van der Waals surface area contributed by atoms with Gasteiger partial charge in [-0.15, -0.1) is 0 Å². The van der Waals surface area contributed by atoms with Crippen molar-refractivity contribution in [3.8, 4) is 5.75 Å². The lowest BCUT2D eigenvalue weighted by atomic mass is 10.3. The van der Waals surface area contributed by atoms with E-state index in [0.29, 0.717) is 37.0 Å². The molecule has 0 N–H and O–H groups in total. The van der Waals surface area contributed by atoms with Crippen LogP contribution in [0, 0.1) is 0 Å². The lowest BCUT2D eigenvalue weighted by Gasteiger charge is -2.36. The third-order valence-electron chi connectivity index (χ3n) is 4.01. The molecule has 1 aromatic heterocycles. The molecule has 0 fully saturated rings. The molecular weight excluding hydrogens is 326 g/mol. The summed E-state index contributed by atoms with van der Waals surface area (Å²) in [5.74, 6) is 1.37. The van der Waals surface area contributed by atoms with Crippen LogP contribution >= 0.6 is 0 Å². The van der Waals surface area contributed by atoms with Crippen LogP contribution < -0.4 is 13.9 Å². The molecule has 0 spiro atoms. The molecular formula is C17H21N3O3S. The first-order chi connectivity index (χ1) is 11.6. The summed E-state index contributed by atoms with van der Waals surface area (Å²) in [4.78, 5) is 6.71. The van der Waals surface area contributed by atoms with Crippen LogP contribution in [0.1, 0.15) is 13.8 Å². The fourth-order valence-corrected chi connectivity index (χ4v) is 4.28. The van der Waals surface area contributed by atoms with Gasteiger partial charge in [-0.25, -0.2) is 13.4 Å². The fraction of sp³-hybridized carbons (Fsp3) is 0.353. The summed E-state index contributed by atoms with van der Waals surface area (Å²) in [6.07, 6.45) is 1.69. The van der Waals surface area contributed by atoms with Gasteiger partial charge in [0.05, 0.1) is 23.7 Å². The Labute approximate surface area is 142 Å². The highest BCUT2D eigenvalue weighted by Gasteiger charge is 2.32. The molecule has 0 saturated heterocycles. The molecule has 128 valence electrons. The number of benzene rings is 1. The standard InChI is InChI=1S/C17H21N3O3S/c1-3-19-12-13-20(16-6-5-11-18-17(16)19)24(21,22)15-9-7-14(8-10-15)23-4-2/h5-11H,3-4,12-13H2,1-2H3. The van der Waals surface area contributed by atoms with Crippen molar-refractivity contribution in [2.24, 2.45) is 0 Å². The molecule has 0 saturated carbocycles. The number of aromatic nitrogens is 1. The first-order valence-corrected chi connectivity index (χ1v) is 9.47. The molecule has 3 rings (SSSR count). The Bertz CT molecular complexity index is 806. The molecule has 6 nitrogen and oxygen atoms in total. The van der Waals surface area contributed by atoms with Gasteiger partial charge in [0.1, 0.15) is 5.75 Å². The van der Waals surface area contributed by atoms with E-state index in [2.05, 4.69) is 9.88 Å². The van der Waals surface area contributed by atoms with E-state index in [1.807, 2.05) is 13.8 Å². The van der Waals surface area contributed by atoms with Crippen molar-refractivity contribution in [3.63, 3.8) is 0 Å². The van der Waals surface area contributed by atoms with Crippen LogP contribution in [-0.2, 0) is 10.0 Å². The minimum Gasteiger partial charge on any atom is -0.494 e. The number of rotatable bonds is 5. The minimum atomic E-state index is -3.63. The molecule has 2 heterocycles. The average molecular weight is 347 g/mol. The third kappa shape index (κ3) is 2.91. The molecule has 7 heteroatoms. The van der Waals surface area contributed by atoms with Gasteiger partial charge in [0.2, 0.25) is 0 Å². The predicted molar refractivity (Wildman–Crippen MR) is 94.3 cm³/mol. The number of sulfonamides is 1. The van der Waals surface area contributed by atoms with Gasteiger partial charge in [-0.2, -0.15) is 0 Å². The first-order valence-electron chi connectivity index (χ1n) is 8.03. The van der Waals surface area contributed by atoms with Gasteiger partial charge in [0.15, 0.2) is 5.82 Å². The lowest BCUT2D eigenvalue weighted by Crippen LogP contribution is -2.44. The number of ether oxygens (including phenoxy) is 1. The number of hydrogen-bond acceptors (Lipinski definition) is 5. The quantitative estimate of drug-likeness (QED) is 0.832. The van der Waals surface area contributed by atoms with Crippen LogP contribution in [0.25, 0.3) is 0 Å². The second-order valence-electron chi connectivity index (χ2n) is 5.41. The number of likely N-dealkylation sites (N-methyl/N-ethyl adjacent to an activating group) is 1. The van der Waals surface area contributed by atoms with Gasteiger partial charge < -0.3 is 9.64 Å². The van der Waals surface area contributed by atoms with E-state index < -0.39 is 10.0 Å². The molecule has 0 unspecified atom stereocenters. The SMILES string of the molecule is CCOc1ccc(S(=O)(=O)N2CCN(CC)c3ncccc32)cc1. The maximum atomic E-state index is 13.1. The van der Waals surface area contributed by atoms with Crippen LogP contribution in [0.2, 0.25) is 0 Å². The Balaban J connectivity index is 1.98. The number of nitrogens with zero attached hydrogens (tertiary/aromatic N) is 3. The summed E-state index contributed by atoms with van der Waals surface area (Å²) in [5, 5.41) is 0. The second kappa shape index (κ2) is 6.68. The Morgan fingerprint density at radius 3 is 2.54 bits per heavy atom. The minimum absolute atomic E-state index is 0.255. The summed E-state index contributed by atoms with van der Waals surface area (Å²) >= 11 is 0. The normalized spacial score (nSPS) is 14.4. The van der Waals surface area contributed by atoms with Crippen molar-refractivity contribution in [3.05, 3.63) is 42.6 Å². The largest absolute Gasteiger partial charge is 0.494 e. The van der Waals surface area contributed by atoms with E-state index in [4.69, 9.17) is 4.74 Å². The van der Waals surface area contributed by atoms with Crippen LogP contribution in [0.5, 0.6) is 5.75 Å². The highest BCUT2D eigenvalue weighted by atomic mass is 32.2.